The van der Waals surface area contributed by atoms with Gasteiger partial charge in [0, 0.05) is 17.7 Å². The van der Waals surface area contributed by atoms with E-state index in [9.17, 15) is 4.79 Å². The average Bonchev–Trinajstić information content (AvgIpc) is 3.15. The number of benzene rings is 1. The zero-order valence-corrected chi connectivity index (χ0v) is 12.2. The summed E-state index contributed by atoms with van der Waals surface area (Å²) in [5, 5.41) is 12.6. The maximum Gasteiger partial charge on any atom is 0.358 e. The highest BCUT2D eigenvalue weighted by Gasteiger charge is 2.19. The summed E-state index contributed by atoms with van der Waals surface area (Å²) in [6, 6.07) is 7.30. The van der Waals surface area contributed by atoms with Gasteiger partial charge in [0.2, 0.25) is 0 Å². The molecule has 0 bridgehead atoms. The van der Waals surface area contributed by atoms with Crippen molar-refractivity contribution in [2.75, 3.05) is 13.2 Å². The number of ether oxygens (including phenoxy) is 2. The molecule has 1 fully saturated rings. The normalized spacial score (nSPS) is 17.6. The smallest absolute Gasteiger partial charge is 0.358 e. The Morgan fingerprint density at radius 3 is 2.77 bits per heavy atom. The minimum Gasteiger partial charge on any atom is -0.491 e. The van der Waals surface area contributed by atoms with Crippen LogP contribution >= 0.6 is 0 Å². The highest BCUT2D eigenvalue weighted by Crippen LogP contribution is 2.27. The second-order valence-electron chi connectivity index (χ2n) is 5.26. The summed E-state index contributed by atoms with van der Waals surface area (Å²) >= 11 is 0. The van der Waals surface area contributed by atoms with E-state index < -0.39 is 5.97 Å². The topological polar surface area (TPSA) is 81.8 Å². The summed E-state index contributed by atoms with van der Waals surface area (Å²) in [7, 11) is 0. The highest BCUT2D eigenvalue weighted by atomic mass is 16.5. The molecule has 116 valence electrons. The Balaban J connectivity index is 1.69. The van der Waals surface area contributed by atoms with E-state index in [1.807, 2.05) is 24.3 Å². The van der Waals surface area contributed by atoms with E-state index in [1.165, 1.54) is 0 Å². The van der Waals surface area contributed by atoms with E-state index in [4.69, 9.17) is 19.1 Å². The Labute approximate surface area is 127 Å². The number of carbonyl (C=O) groups is 1. The first-order valence-electron chi connectivity index (χ1n) is 7.19. The van der Waals surface area contributed by atoms with Crippen molar-refractivity contribution in [1.29, 1.82) is 0 Å². The SMILES string of the molecule is Cc1c(C(=O)O)noc1-c1ccc(OCC2CCCO2)cc1. The molecule has 3 rings (SSSR count). The first-order chi connectivity index (χ1) is 10.6. The molecule has 6 nitrogen and oxygen atoms in total. The van der Waals surface area contributed by atoms with Crippen molar-refractivity contribution in [3.05, 3.63) is 35.5 Å². The van der Waals surface area contributed by atoms with Gasteiger partial charge >= 0.3 is 5.97 Å². The van der Waals surface area contributed by atoms with Crippen LogP contribution in [0.4, 0.5) is 0 Å². The summed E-state index contributed by atoms with van der Waals surface area (Å²) in [6.45, 7) is 3.03. The zero-order valence-electron chi connectivity index (χ0n) is 12.2. The molecule has 1 aromatic heterocycles. The van der Waals surface area contributed by atoms with Gasteiger partial charge in [0.1, 0.15) is 12.4 Å². The molecule has 1 N–H and O–H groups in total. The van der Waals surface area contributed by atoms with Crippen molar-refractivity contribution in [2.45, 2.75) is 25.9 Å². The van der Waals surface area contributed by atoms with Gasteiger partial charge in [-0.15, -0.1) is 0 Å². The summed E-state index contributed by atoms with van der Waals surface area (Å²) < 4.78 is 16.3. The Bertz CT molecular complexity index is 656. The lowest BCUT2D eigenvalue weighted by atomic mass is 10.1. The fraction of sp³-hybridized carbons (Fsp3) is 0.375. The van der Waals surface area contributed by atoms with Gasteiger partial charge in [0.05, 0.1) is 6.10 Å². The molecule has 0 amide bonds. The van der Waals surface area contributed by atoms with Gasteiger partial charge in [0.15, 0.2) is 11.5 Å². The van der Waals surface area contributed by atoms with Crippen LogP contribution in [-0.4, -0.2) is 35.6 Å². The lowest BCUT2D eigenvalue weighted by Crippen LogP contribution is -2.16. The lowest BCUT2D eigenvalue weighted by Gasteiger charge is -2.11. The standard InChI is InChI=1S/C16H17NO5/c1-10-14(16(18)19)17-22-15(10)11-4-6-12(7-5-11)21-9-13-3-2-8-20-13/h4-7,13H,2-3,8-9H2,1H3,(H,18,19). The molecule has 1 unspecified atom stereocenters. The molecule has 0 saturated carbocycles. The van der Waals surface area contributed by atoms with Gasteiger partial charge in [-0.25, -0.2) is 4.79 Å². The predicted octanol–water partition coefficient (Wildman–Crippen LogP) is 2.91. The number of nitrogens with zero attached hydrogens (tertiary/aromatic N) is 1. The van der Waals surface area contributed by atoms with E-state index in [1.54, 1.807) is 6.92 Å². The maximum atomic E-state index is 11.0. The third kappa shape index (κ3) is 2.96. The van der Waals surface area contributed by atoms with Gasteiger partial charge in [-0.1, -0.05) is 5.16 Å². The van der Waals surface area contributed by atoms with Crippen LogP contribution in [0.5, 0.6) is 5.75 Å². The number of aromatic nitrogens is 1. The molecule has 2 heterocycles. The molecule has 0 spiro atoms. The van der Waals surface area contributed by atoms with Gasteiger partial charge in [-0.2, -0.15) is 0 Å². The Morgan fingerprint density at radius 1 is 1.41 bits per heavy atom. The van der Waals surface area contributed by atoms with Gasteiger partial charge in [-0.3, -0.25) is 0 Å². The molecule has 1 aliphatic heterocycles. The van der Waals surface area contributed by atoms with Crippen molar-refractivity contribution >= 4 is 5.97 Å². The van der Waals surface area contributed by atoms with Crippen LogP contribution in [0.25, 0.3) is 11.3 Å². The summed E-state index contributed by atoms with van der Waals surface area (Å²) in [5.41, 5.74) is 1.22. The van der Waals surface area contributed by atoms with Gasteiger partial charge in [-0.05, 0) is 44.0 Å². The molecule has 2 aromatic rings. The highest BCUT2D eigenvalue weighted by molar-refractivity contribution is 5.88. The monoisotopic (exact) mass is 303 g/mol. The number of carboxylic acids is 1. The minimum atomic E-state index is -1.09. The van der Waals surface area contributed by atoms with Crippen molar-refractivity contribution < 1.29 is 23.9 Å². The van der Waals surface area contributed by atoms with Gasteiger partial charge < -0.3 is 19.1 Å². The number of rotatable bonds is 5. The molecule has 1 aliphatic rings. The zero-order chi connectivity index (χ0) is 15.5. The van der Waals surface area contributed by atoms with E-state index in [-0.39, 0.29) is 11.8 Å². The van der Waals surface area contributed by atoms with Crippen molar-refractivity contribution in [2.24, 2.45) is 0 Å². The van der Waals surface area contributed by atoms with E-state index >= 15 is 0 Å². The molecule has 6 heteroatoms. The predicted molar refractivity (Wildman–Crippen MR) is 78.1 cm³/mol. The summed E-state index contributed by atoms with van der Waals surface area (Å²) in [4.78, 5) is 11.0. The van der Waals surface area contributed by atoms with Crippen LogP contribution in [-0.2, 0) is 4.74 Å². The van der Waals surface area contributed by atoms with Crippen LogP contribution < -0.4 is 4.74 Å². The van der Waals surface area contributed by atoms with Crippen LogP contribution in [0, 0.1) is 6.92 Å². The fourth-order valence-corrected chi connectivity index (χ4v) is 2.47. The van der Waals surface area contributed by atoms with E-state index in [0.717, 1.165) is 30.8 Å². The van der Waals surface area contributed by atoms with E-state index in [2.05, 4.69) is 5.16 Å². The fourth-order valence-electron chi connectivity index (χ4n) is 2.47. The second kappa shape index (κ2) is 6.19. The Hall–Kier alpha value is -2.34. The Morgan fingerprint density at radius 2 is 2.18 bits per heavy atom. The third-order valence-corrected chi connectivity index (χ3v) is 3.70. The van der Waals surface area contributed by atoms with Crippen molar-refractivity contribution in [1.82, 2.24) is 5.16 Å². The molecular formula is C16H17NO5. The number of aromatic carboxylic acids is 1. The molecular weight excluding hydrogens is 286 g/mol. The molecule has 1 saturated heterocycles. The average molecular weight is 303 g/mol. The minimum absolute atomic E-state index is 0.0614. The quantitative estimate of drug-likeness (QED) is 0.914. The number of hydrogen-bond donors (Lipinski definition) is 1. The Kier molecular flexibility index (Phi) is 4.11. The first kappa shape index (κ1) is 14.6. The van der Waals surface area contributed by atoms with Crippen molar-refractivity contribution in [3.8, 4) is 17.1 Å². The molecule has 0 radical (unpaired) electrons. The molecule has 1 aromatic carbocycles. The number of carboxylic acid groups (broad SMARTS) is 1. The lowest BCUT2D eigenvalue weighted by molar-refractivity contribution is 0.0679. The molecule has 0 aliphatic carbocycles. The summed E-state index contributed by atoms with van der Waals surface area (Å²) in [6.07, 6.45) is 2.30. The van der Waals surface area contributed by atoms with E-state index in [0.29, 0.717) is 17.9 Å². The van der Waals surface area contributed by atoms with Crippen LogP contribution in [0.2, 0.25) is 0 Å². The number of hydrogen-bond acceptors (Lipinski definition) is 5. The first-order valence-corrected chi connectivity index (χ1v) is 7.19. The summed E-state index contributed by atoms with van der Waals surface area (Å²) in [5.74, 6) is 0.113. The molecule has 22 heavy (non-hydrogen) atoms. The van der Waals surface area contributed by atoms with Crippen molar-refractivity contribution in [3.63, 3.8) is 0 Å². The van der Waals surface area contributed by atoms with Crippen LogP contribution in [0.15, 0.2) is 28.8 Å². The maximum absolute atomic E-state index is 11.0. The van der Waals surface area contributed by atoms with Gasteiger partial charge in [0.25, 0.3) is 0 Å². The second-order valence-corrected chi connectivity index (χ2v) is 5.26. The van der Waals surface area contributed by atoms with Crippen LogP contribution in [0.3, 0.4) is 0 Å². The third-order valence-electron chi connectivity index (χ3n) is 3.70. The largest absolute Gasteiger partial charge is 0.491 e. The molecule has 1 atom stereocenters. The van der Waals surface area contributed by atoms with Crippen LogP contribution in [0.1, 0.15) is 28.9 Å².